The van der Waals surface area contributed by atoms with Gasteiger partial charge in [0.1, 0.15) is 6.54 Å². The Bertz CT molecular complexity index is 901. The van der Waals surface area contributed by atoms with E-state index >= 15 is 0 Å². The molecule has 0 radical (unpaired) electrons. The fourth-order valence-corrected chi connectivity index (χ4v) is 5.83. The van der Waals surface area contributed by atoms with Crippen molar-refractivity contribution in [2.24, 2.45) is 11.8 Å². The molecule has 8 nitrogen and oxygen atoms in total. The molecular formula is C20H25N3O5S. The summed E-state index contributed by atoms with van der Waals surface area (Å²) in [4.78, 5) is 27.5. The van der Waals surface area contributed by atoms with E-state index in [2.05, 4.69) is 5.32 Å². The topological polar surface area (TPSA) is 117 Å². The number of carbonyl (C=O) groups excluding carboxylic acids is 2. The lowest BCUT2D eigenvalue weighted by molar-refractivity contribution is -0.144. The number of benzene rings is 1. The van der Waals surface area contributed by atoms with Crippen LogP contribution in [0.25, 0.3) is 0 Å². The van der Waals surface area contributed by atoms with E-state index in [1.165, 1.54) is 0 Å². The van der Waals surface area contributed by atoms with Gasteiger partial charge in [0.05, 0.1) is 41.3 Å². The van der Waals surface area contributed by atoms with Gasteiger partial charge >= 0.3 is 0 Å². The zero-order chi connectivity index (χ0) is 21.0. The number of aryl methyl sites for hydroxylation is 1. The Labute approximate surface area is 170 Å². The minimum Gasteiger partial charge on any atom is -0.378 e. The van der Waals surface area contributed by atoms with E-state index in [-0.39, 0.29) is 30.2 Å². The molecule has 9 heteroatoms. The van der Waals surface area contributed by atoms with E-state index in [1.807, 2.05) is 13.0 Å². The average molecular weight is 420 g/mol. The maximum atomic E-state index is 13.1. The van der Waals surface area contributed by atoms with Crippen molar-refractivity contribution >= 4 is 21.7 Å². The Kier molecular flexibility index (Phi) is 6.55. The molecule has 29 heavy (non-hydrogen) atoms. The minimum atomic E-state index is -3.68. The second-order valence-electron chi connectivity index (χ2n) is 7.48. The first-order valence-electron chi connectivity index (χ1n) is 9.66. The maximum absolute atomic E-state index is 13.1. The lowest BCUT2D eigenvalue weighted by Gasteiger charge is -2.30. The first kappa shape index (κ1) is 21.3. The Hall–Kier alpha value is -2.44. The van der Waals surface area contributed by atoms with Gasteiger partial charge in [-0.3, -0.25) is 9.59 Å². The number of hydrogen-bond donors (Lipinski definition) is 1. The SMILES string of the molecule is Cc1ccc(S(=O)(=O)[C@@H]2C[C@@H](C(=O)NCC#N)[C@H](C(=O)N3CCOCC3)C2)cc1. The number of carbonyl (C=O) groups is 2. The maximum Gasteiger partial charge on any atom is 0.226 e. The third-order valence-corrected chi connectivity index (χ3v) is 7.82. The van der Waals surface area contributed by atoms with E-state index in [0.717, 1.165) is 5.56 Å². The summed E-state index contributed by atoms with van der Waals surface area (Å²) < 4.78 is 31.6. The molecule has 1 saturated carbocycles. The third kappa shape index (κ3) is 4.60. The number of rotatable bonds is 5. The summed E-state index contributed by atoms with van der Waals surface area (Å²) in [5, 5.41) is 10.4. The number of morpholine rings is 1. The summed E-state index contributed by atoms with van der Waals surface area (Å²) in [7, 11) is -3.68. The molecule has 1 heterocycles. The zero-order valence-corrected chi connectivity index (χ0v) is 17.2. The monoisotopic (exact) mass is 419 g/mol. The smallest absolute Gasteiger partial charge is 0.226 e. The Balaban J connectivity index is 1.85. The van der Waals surface area contributed by atoms with Crippen molar-refractivity contribution < 1.29 is 22.7 Å². The molecular weight excluding hydrogens is 394 g/mol. The van der Waals surface area contributed by atoms with Gasteiger partial charge in [-0.1, -0.05) is 17.7 Å². The van der Waals surface area contributed by atoms with E-state index in [9.17, 15) is 18.0 Å². The van der Waals surface area contributed by atoms with Crippen LogP contribution in [0.2, 0.25) is 0 Å². The molecule has 1 aromatic rings. The van der Waals surface area contributed by atoms with Crippen LogP contribution in [0.15, 0.2) is 29.2 Å². The lowest BCUT2D eigenvalue weighted by atomic mass is 9.93. The second kappa shape index (κ2) is 8.93. The van der Waals surface area contributed by atoms with Gasteiger partial charge in [0.25, 0.3) is 0 Å². The molecule has 1 N–H and O–H groups in total. The van der Waals surface area contributed by atoms with E-state index in [1.54, 1.807) is 29.2 Å². The molecule has 1 aromatic carbocycles. The molecule has 1 aliphatic heterocycles. The normalized spacial score (nSPS) is 24.7. The van der Waals surface area contributed by atoms with E-state index in [0.29, 0.717) is 26.3 Å². The number of amides is 2. The summed E-state index contributed by atoms with van der Waals surface area (Å²) in [5.41, 5.74) is 0.949. The summed E-state index contributed by atoms with van der Waals surface area (Å²) >= 11 is 0. The lowest BCUT2D eigenvalue weighted by Crippen LogP contribution is -2.46. The van der Waals surface area contributed by atoms with Crippen molar-refractivity contribution in [1.82, 2.24) is 10.2 Å². The molecule has 1 aliphatic carbocycles. The molecule has 2 amide bonds. The number of nitriles is 1. The van der Waals surface area contributed by atoms with Crippen LogP contribution >= 0.6 is 0 Å². The van der Waals surface area contributed by atoms with E-state index in [4.69, 9.17) is 10.00 Å². The fraction of sp³-hybridized carbons (Fsp3) is 0.550. The predicted molar refractivity (Wildman–Crippen MR) is 104 cm³/mol. The molecule has 156 valence electrons. The second-order valence-corrected chi connectivity index (χ2v) is 9.71. The van der Waals surface area contributed by atoms with Gasteiger partial charge in [0, 0.05) is 13.1 Å². The van der Waals surface area contributed by atoms with Crippen LogP contribution in [-0.2, 0) is 24.2 Å². The highest BCUT2D eigenvalue weighted by atomic mass is 32.2. The summed E-state index contributed by atoms with van der Waals surface area (Å²) in [6, 6.07) is 8.43. The Morgan fingerprint density at radius 3 is 2.41 bits per heavy atom. The van der Waals surface area contributed by atoms with Gasteiger partial charge in [-0.25, -0.2) is 8.42 Å². The van der Waals surface area contributed by atoms with Gasteiger partial charge in [0.2, 0.25) is 11.8 Å². The predicted octanol–water partition coefficient (Wildman–Crippen LogP) is 0.662. The molecule has 0 bridgehead atoms. The van der Waals surface area contributed by atoms with Crippen LogP contribution in [0.3, 0.4) is 0 Å². The molecule has 0 aromatic heterocycles. The summed E-state index contributed by atoms with van der Waals surface area (Å²) in [6.07, 6.45) is 0.158. The fourth-order valence-electron chi connectivity index (χ4n) is 4.00. The number of sulfone groups is 1. The minimum absolute atomic E-state index is 0.0637. The Morgan fingerprint density at radius 2 is 1.79 bits per heavy atom. The quantitative estimate of drug-likeness (QED) is 0.701. The highest BCUT2D eigenvalue weighted by Crippen LogP contribution is 2.39. The molecule has 0 unspecified atom stereocenters. The van der Waals surface area contributed by atoms with Gasteiger partial charge in [-0.15, -0.1) is 0 Å². The Morgan fingerprint density at radius 1 is 1.17 bits per heavy atom. The van der Waals surface area contributed by atoms with Gasteiger partial charge in [-0.05, 0) is 31.9 Å². The number of hydrogen-bond acceptors (Lipinski definition) is 6. The number of ether oxygens (including phenoxy) is 1. The van der Waals surface area contributed by atoms with Crippen molar-refractivity contribution in [2.45, 2.75) is 29.9 Å². The van der Waals surface area contributed by atoms with Crippen LogP contribution in [0.5, 0.6) is 0 Å². The number of nitrogens with zero attached hydrogens (tertiary/aromatic N) is 2. The zero-order valence-electron chi connectivity index (χ0n) is 16.3. The largest absolute Gasteiger partial charge is 0.378 e. The number of nitrogens with one attached hydrogen (secondary N) is 1. The molecule has 3 rings (SSSR count). The van der Waals surface area contributed by atoms with E-state index < -0.39 is 32.8 Å². The van der Waals surface area contributed by atoms with Crippen LogP contribution in [0.4, 0.5) is 0 Å². The molecule has 1 saturated heterocycles. The van der Waals surface area contributed by atoms with Crippen LogP contribution in [-0.4, -0.2) is 63.2 Å². The highest BCUT2D eigenvalue weighted by Gasteiger charge is 2.48. The van der Waals surface area contributed by atoms with Crippen molar-refractivity contribution in [3.8, 4) is 6.07 Å². The van der Waals surface area contributed by atoms with Gasteiger partial charge in [0.15, 0.2) is 9.84 Å². The van der Waals surface area contributed by atoms with Gasteiger partial charge < -0.3 is 15.0 Å². The van der Waals surface area contributed by atoms with Crippen LogP contribution in [0.1, 0.15) is 18.4 Å². The van der Waals surface area contributed by atoms with Crippen molar-refractivity contribution in [3.63, 3.8) is 0 Å². The molecule has 2 aliphatic rings. The standard InChI is InChI=1S/C20H25N3O5S/c1-14-2-4-15(5-3-14)29(26,27)16-12-17(19(24)22-7-6-21)18(13-16)20(25)23-8-10-28-11-9-23/h2-5,16-18H,7-13H2,1H3,(H,22,24)/t16-,17-,18-/m1/s1. The molecule has 0 spiro atoms. The molecule has 3 atom stereocenters. The third-order valence-electron chi connectivity index (χ3n) is 5.63. The van der Waals surface area contributed by atoms with Crippen molar-refractivity contribution in [3.05, 3.63) is 29.8 Å². The first-order valence-corrected chi connectivity index (χ1v) is 11.2. The van der Waals surface area contributed by atoms with Crippen molar-refractivity contribution in [1.29, 1.82) is 5.26 Å². The molecule has 2 fully saturated rings. The summed E-state index contributed by atoms with van der Waals surface area (Å²) in [6.45, 7) is 3.40. The summed E-state index contributed by atoms with van der Waals surface area (Å²) in [5.74, 6) is -2.16. The highest BCUT2D eigenvalue weighted by molar-refractivity contribution is 7.92. The first-order chi connectivity index (χ1) is 13.8. The van der Waals surface area contributed by atoms with Gasteiger partial charge in [-0.2, -0.15) is 5.26 Å². The van der Waals surface area contributed by atoms with Crippen LogP contribution < -0.4 is 5.32 Å². The van der Waals surface area contributed by atoms with Crippen molar-refractivity contribution in [2.75, 3.05) is 32.8 Å². The van der Waals surface area contributed by atoms with Crippen LogP contribution in [0, 0.1) is 30.1 Å². The average Bonchev–Trinajstić information content (AvgIpc) is 3.19.